The number of nitrogens with two attached hydrogens (primary N) is 1. The van der Waals surface area contributed by atoms with Gasteiger partial charge in [0.15, 0.2) is 6.10 Å². The highest BCUT2D eigenvalue weighted by molar-refractivity contribution is 6.32. The number of rotatable bonds is 6. The zero-order valence-electron chi connectivity index (χ0n) is 15.2. The molecule has 0 saturated heterocycles. The summed E-state index contributed by atoms with van der Waals surface area (Å²) in [5, 5.41) is 3.15. The summed E-state index contributed by atoms with van der Waals surface area (Å²) in [5.41, 5.74) is 8.11. The van der Waals surface area contributed by atoms with Crippen LogP contribution in [0, 0.1) is 0 Å². The van der Waals surface area contributed by atoms with Crippen molar-refractivity contribution >= 4 is 29.1 Å². The number of ether oxygens (including phenoxy) is 1. The largest absolute Gasteiger partial charge is 0.479 e. The Morgan fingerprint density at radius 2 is 1.64 bits per heavy atom. The summed E-state index contributed by atoms with van der Waals surface area (Å²) in [4.78, 5) is 23.5. The van der Waals surface area contributed by atoms with Crippen LogP contribution in [0.25, 0.3) is 11.1 Å². The summed E-state index contributed by atoms with van der Waals surface area (Å²) in [5.74, 6) is -0.439. The molecule has 0 fully saturated rings. The molecule has 0 radical (unpaired) electrons. The van der Waals surface area contributed by atoms with Gasteiger partial charge in [0.25, 0.3) is 5.91 Å². The Labute approximate surface area is 168 Å². The molecule has 6 heteroatoms. The Morgan fingerprint density at radius 3 is 2.25 bits per heavy atom. The van der Waals surface area contributed by atoms with Crippen LogP contribution in [-0.2, 0) is 4.79 Å². The number of hydrogen-bond acceptors (Lipinski definition) is 3. The molecule has 0 saturated carbocycles. The van der Waals surface area contributed by atoms with Crippen LogP contribution in [0.4, 0.5) is 5.69 Å². The first-order chi connectivity index (χ1) is 13.4. The molecule has 3 rings (SSSR count). The van der Waals surface area contributed by atoms with E-state index in [1.54, 1.807) is 43.3 Å². The van der Waals surface area contributed by atoms with Gasteiger partial charge in [0.1, 0.15) is 5.75 Å². The topological polar surface area (TPSA) is 81.4 Å². The van der Waals surface area contributed by atoms with Gasteiger partial charge < -0.3 is 15.8 Å². The fourth-order valence-electron chi connectivity index (χ4n) is 2.61. The van der Waals surface area contributed by atoms with Gasteiger partial charge in [-0.05, 0) is 54.4 Å². The van der Waals surface area contributed by atoms with Gasteiger partial charge in [-0.2, -0.15) is 0 Å². The second kappa shape index (κ2) is 8.59. The maximum Gasteiger partial charge on any atom is 0.265 e. The van der Waals surface area contributed by atoms with Crippen molar-refractivity contribution in [1.82, 2.24) is 0 Å². The first kappa shape index (κ1) is 19.5. The average Bonchev–Trinajstić information content (AvgIpc) is 2.70. The second-order valence-electron chi connectivity index (χ2n) is 6.20. The molecule has 0 unspecified atom stereocenters. The molecule has 1 atom stereocenters. The molecule has 28 heavy (non-hydrogen) atoms. The van der Waals surface area contributed by atoms with Crippen molar-refractivity contribution < 1.29 is 14.3 Å². The SMILES string of the molecule is C[C@H](Oc1ccc(-c2ccccc2)cc1Cl)C(=O)Nc1ccc(C(N)=O)cc1. The number of carbonyl (C=O) groups is 2. The molecule has 3 aromatic rings. The van der Waals surface area contributed by atoms with Crippen molar-refractivity contribution in [2.75, 3.05) is 5.32 Å². The lowest BCUT2D eigenvalue weighted by Gasteiger charge is -2.16. The van der Waals surface area contributed by atoms with Crippen molar-refractivity contribution in [3.8, 4) is 16.9 Å². The number of carbonyl (C=O) groups excluding carboxylic acids is 2. The molecule has 3 aromatic carbocycles. The predicted molar refractivity (Wildman–Crippen MR) is 111 cm³/mol. The molecular weight excluding hydrogens is 376 g/mol. The second-order valence-corrected chi connectivity index (χ2v) is 6.61. The van der Waals surface area contributed by atoms with Gasteiger partial charge in [-0.15, -0.1) is 0 Å². The summed E-state index contributed by atoms with van der Waals surface area (Å²) in [6, 6.07) is 21.6. The molecule has 0 bridgehead atoms. The van der Waals surface area contributed by atoms with Crippen LogP contribution in [0.2, 0.25) is 5.02 Å². The Hall–Kier alpha value is -3.31. The number of primary amides is 1. The Kier molecular flexibility index (Phi) is 5.96. The summed E-state index contributed by atoms with van der Waals surface area (Å²) >= 11 is 6.33. The van der Waals surface area contributed by atoms with E-state index >= 15 is 0 Å². The van der Waals surface area contributed by atoms with Gasteiger partial charge in [-0.3, -0.25) is 9.59 Å². The number of benzene rings is 3. The van der Waals surface area contributed by atoms with Crippen molar-refractivity contribution in [1.29, 1.82) is 0 Å². The highest BCUT2D eigenvalue weighted by Gasteiger charge is 2.17. The van der Waals surface area contributed by atoms with E-state index in [0.717, 1.165) is 11.1 Å². The minimum atomic E-state index is -0.768. The number of anilines is 1. The van der Waals surface area contributed by atoms with Crippen LogP contribution >= 0.6 is 11.6 Å². The van der Waals surface area contributed by atoms with Crippen LogP contribution in [-0.4, -0.2) is 17.9 Å². The standard InChI is InChI=1S/C22H19ClN2O3/c1-14(22(27)25-18-10-7-16(8-11-18)21(24)26)28-20-12-9-17(13-19(20)23)15-5-3-2-4-6-15/h2-14H,1H3,(H2,24,26)(H,25,27)/t14-/m0/s1. The molecule has 0 aliphatic rings. The molecule has 142 valence electrons. The molecule has 5 nitrogen and oxygen atoms in total. The van der Waals surface area contributed by atoms with Crippen LogP contribution < -0.4 is 15.8 Å². The Morgan fingerprint density at radius 1 is 0.964 bits per heavy atom. The highest BCUT2D eigenvalue weighted by atomic mass is 35.5. The first-order valence-electron chi connectivity index (χ1n) is 8.66. The third-order valence-corrected chi connectivity index (χ3v) is 4.44. The number of hydrogen-bond donors (Lipinski definition) is 2. The molecule has 0 aliphatic carbocycles. The average molecular weight is 395 g/mol. The van der Waals surface area contributed by atoms with Gasteiger partial charge in [-0.25, -0.2) is 0 Å². The zero-order chi connectivity index (χ0) is 20.1. The first-order valence-corrected chi connectivity index (χ1v) is 9.04. The number of amides is 2. The van der Waals surface area contributed by atoms with Crippen molar-refractivity contribution in [3.05, 3.63) is 83.4 Å². The Bertz CT molecular complexity index is 988. The predicted octanol–water partition coefficient (Wildman–Crippen LogP) is 4.51. The summed E-state index contributed by atoms with van der Waals surface area (Å²) in [6.45, 7) is 1.63. The minimum Gasteiger partial charge on any atom is -0.479 e. The fraction of sp³-hybridized carbons (Fsp3) is 0.0909. The molecule has 0 spiro atoms. The van der Waals surface area contributed by atoms with Gasteiger partial charge in [0.2, 0.25) is 5.91 Å². The lowest BCUT2D eigenvalue weighted by molar-refractivity contribution is -0.122. The molecule has 3 N–H and O–H groups in total. The lowest BCUT2D eigenvalue weighted by Crippen LogP contribution is -2.30. The third kappa shape index (κ3) is 4.69. The van der Waals surface area contributed by atoms with E-state index in [4.69, 9.17) is 22.1 Å². The number of nitrogens with one attached hydrogen (secondary N) is 1. The monoisotopic (exact) mass is 394 g/mol. The van der Waals surface area contributed by atoms with Crippen LogP contribution in [0.15, 0.2) is 72.8 Å². The van der Waals surface area contributed by atoms with E-state index in [2.05, 4.69) is 5.32 Å². The molecule has 0 aromatic heterocycles. The molecule has 0 heterocycles. The lowest BCUT2D eigenvalue weighted by atomic mass is 10.1. The van der Waals surface area contributed by atoms with E-state index in [1.807, 2.05) is 36.4 Å². The van der Waals surface area contributed by atoms with Crippen LogP contribution in [0.5, 0.6) is 5.75 Å². The van der Waals surface area contributed by atoms with Crippen molar-refractivity contribution in [3.63, 3.8) is 0 Å². The fourth-order valence-corrected chi connectivity index (χ4v) is 2.84. The van der Waals surface area contributed by atoms with E-state index in [1.165, 1.54) is 0 Å². The third-order valence-electron chi connectivity index (χ3n) is 4.15. The number of halogens is 1. The quantitative estimate of drug-likeness (QED) is 0.645. The maximum absolute atomic E-state index is 12.4. The van der Waals surface area contributed by atoms with E-state index in [-0.39, 0.29) is 5.91 Å². The van der Waals surface area contributed by atoms with Gasteiger partial charge in [0.05, 0.1) is 5.02 Å². The minimum absolute atomic E-state index is 0.338. The highest BCUT2D eigenvalue weighted by Crippen LogP contribution is 2.31. The normalized spacial score (nSPS) is 11.5. The Balaban J connectivity index is 1.65. The maximum atomic E-state index is 12.4. The summed E-state index contributed by atoms with van der Waals surface area (Å²) < 4.78 is 5.71. The van der Waals surface area contributed by atoms with Gasteiger partial charge >= 0.3 is 0 Å². The van der Waals surface area contributed by atoms with Crippen molar-refractivity contribution in [2.24, 2.45) is 5.73 Å². The zero-order valence-corrected chi connectivity index (χ0v) is 15.9. The van der Waals surface area contributed by atoms with Crippen molar-refractivity contribution in [2.45, 2.75) is 13.0 Å². The van der Waals surface area contributed by atoms with E-state index < -0.39 is 12.0 Å². The van der Waals surface area contributed by atoms with E-state index in [0.29, 0.717) is 22.0 Å². The summed E-state index contributed by atoms with van der Waals surface area (Å²) in [6.07, 6.45) is -0.768. The molecular formula is C22H19ClN2O3. The molecule has 2 amide bonds. The molecule has 0 aliphatic heterocycles. The van der Waals surface area contributed by atoms with Crippen LogP contribution in [0.3, 0.4) is 0 Å². The van der Waals surface area contributed by atoms with Gasteiger partial charge in [0, 0.05) is 11.3 Å². The van der Waals surface area contributed by atoms with Gasteiger partial charge in [-0.1, -0.05) is 48.0 Å². The smallest absolute Gasteiger partial charge is 0.265 e. The van der Waals surface area contributed by atoms with E-state index in [9.17, 15) is 9.59 Å². The summed E-state index contributed by atoms with van der Waals surface area (Å²) in [7, 11) is 0. The van der Waals surface area contributed by atoms with Crippen LogP contribution in [0.1, 0.15) is 17.3 Å².